The average Bonchev–Trinajstić information content (AvgIpc) is 3.58. The third kappa shape index (κ3) is 10.7. The maximum absolute atomic E-state index is 13.0. The van der Waals surface area contributed by atoms with Crippen LogP contribution in [0.4, 0.5) is 0 Å². The van der Waals surface area contributed by atoms with E-state index in [-0.39, 0.29) is 18.3 Å². The van der Waals surface area contributed by atoms with Gasteiger partial charge >= 0.3 is 11.9 Å². The van der Waals surface area contributed by atoms with Crippen molar-refractivity contribution in [2.24, 2.45) is 0 Å². The number of benzene rings is 2. The van der Waals surface area contributed by atoms with Gasteiger partial charge in [-0.1, -0.05) is 37.8 Å². The van der Waals surface area contributed by atoms with Gasteiger partial charge in [0.15, 0.2) is 0 Å². The first-order valence-electron chi connectivity index (χ1n) is 15.6. The Morgan fingerprint density at radius 2 is 1.68 bits per heavy atom. The van der Waals surface area contributed by atoms with Crippen LogP contribution in [-0.2, 0) is 20.7 Å². The van der Waals surface area contributed by atoms with Crippen molar-refractivity contribution in [3.63, 3.8) is 0 Å². The first kappa shape index (κ1) is 36.8. The molecule has 1 aliphatic heterocycles. The van der Waals surface area contributed by atoms with Crippen molar-refractivity contribution < 1.29 is 33.8 Å². The quantitative estimate of drug-likeness (QED) is 0.142. The second-order valence-electron chi connectivity index (χ2n) is 11.0. The molecule has 1 N–H and O–H groups in total. The first-order valence-corrected chi connectivity index (χ1v) is 16.0. The monoisotopic (exact) mass is 663 g/mol. The zero-order chi connectivity index (χ0) is 34.3. The van der Waals surface area contributed by atoms with Crippen LogP contribution in [0.15, 0.2) is 67.0 Å². The second kappa shape index (κ2) is 18.4. The number of carbonyl (C=O) groups excluding carboxylic acids is 3. The summed E-state index contributed by atoms with van der Waals surface area (Å²) in [5.41, 5.74) is 2.89. The molecule has 0 bridgehead atoms. The number of hydrogen-bond acceptors (Lipinski definition) is 7. The minimum absolute atomic E-state index is 0.170. The van der Waals surface area contributed by atoms with E-state index in [1.807, 2.05) is 7.05 Å². The van der Waals surface area contributed by atoms with Crippen LogP contribution in [0.5, 0.6) is 5.75 Å². The minimum Gasteiger partial charge on any atom is -0.497 e. The van der Waals surface area contributed by atoms with Gasteiger partial charge in [0.1, 0.15) is 5.75 Å². The van der Waals surface area contributed by atoms with Crippen molar-refractivity contribution in [1.29, 1.82) is 0 Å². The van der Waals surface area contributed by atoms with Crippen molar-refractivity contribution in [1.82, 2.24) is 14.5 Å². The molecule has 1 saturated heterocycles. The topological polar surface area (TPSA) is 128 Å². The largest absolute Gasteiger partial charge is 0.497 e. The molecule has 2 aromatic heterocycles. The van der Waals surface area contributed by atoms with E-state index in [2.05, 4.69) is 11.9 Å². The molecular weight excluding hydrogens is 622 g/mol. The number of amides is 1. The Morgan fingerprint density at radius 1 is 0.979 bits per heavy atom. The van der Waals surface area contributed by atoms with Crippen LogP contribution in [-0.4, -0.2) is 70.6 Å². The molecule has 47 heavy (non-hydrogen) atoms. The number of unbranched alkanes of at least 4 members (excludes halogenated alkanes) is 3. The number of rotatable bonds is 10. The van der Waals surface area contributed by atoms with Gasteiger partial charge in [-0.25, -0.2) is 4.79 Å². The van der Waals surface area contributed by atoms with Gasteiger partial charge < -0.3 is 19.5 Å². The van der Waals surface area contributed by atoms with Crippen LogP contribution in [0.25, 0.3) is 10.9 Å². The average molecular weight is 664 g/mol. The summed E-state index contributed by atoms with van der Waals surface area (Å²) in [6, 6.07) is 15.2. The summed E-state index contributed by atoms with van der Waals surface area (Å²) in [6.45, 7) is 5.38. The molecule has 11 heteroatoms. The summed E-state index contributed by atoms with van der Waals surface area (Å²) in [5.74, 6) is -0.547. The summed E-state index contributed by atoms with van der Waals surface area (Å²) in [5, 5.41) is 10.5. The standard InChI is InChI=1S/C19H16ClNO4.C12H17NO2.C5H9NO/c1-11-15(10-18(22)23)16-9-14(25-2)7-8-17(16)21(11)19(24)12-3-5-13(20)6-4-12;1-2-3-4-5-10-15-12(14)11-6-8-13-9-7-11;1-6-4-2-3-5(6)7/h3-9H,10H2,1-2H3,(H,22,23);6-9H,2-5,10H2,1H3;2-4H2,1H3. The highest BCUT2D eigenvalue weighted by molar-refractivity contribution is 6.30. The molecule has 1 fully saturated rings. The number of hydrogen-bond donors (Lipinski definition) is 1. The van der Waals surface area contributed by atoms with Crippen LogP contribution in [0.1, 0.15) is 77.4 Å². The third-order valence-corrected chi connectivity index (χ3v) is 7.87. The van der Waals surface area contributed by atoms with E-state index < -0.39 is 5.97 Å². The Balaban J connectivity index is 0.000000229. The van der Waals surface area contributed by atoms with Gasteiger partial charge in [-0.3, -0.25) is 23.9 Å². The molecule has 0 unspecified atom stereocenters. The Hall–Kier alpha value is -4.70. The number of carbonyl (C=O) groups is 4. The number of aromatic nitrogens is 2. The van der Waals surface area contributed by atoms with Gasteiger partial charge in [-0.2, -0.15) is 0 Å². The number of fused-ring (bicyclic) bond motifs is 1. The smallest absolute Gasteiger partial charge is 0.338 e. The van der Waals surface area contributed by atoms with Crippen molar-refractivity contribution >= 4 is 46.3 Å². The van der Waals surface area contributed by atoms with Gasteiger partial charge in [0, 0.05) is 54.1 Å². The van der Waals surface area contributed by atoms with Crippen molar-refractivity contribution in [2.75, 3.05) is 27.3 Å². The van der Waals surface area contributed by atoms with Crippen LogP contribution in [0.2, 0.25) is 5.02 Å². The molecule has 0 saturated carbocycles. The molecule has 0 aliphatic carbocycles. The van der Waals surface area contributed by atoms with Gasteiger partial charge in [-0.05, 0) is 79.9 Å². The van der Waals surface area contributed by atoms with E-state index in [1.165, 1.54) is 17.4 Å². The lowest BCUT2D eigenvalue weighted by Gasteiger charge is -2.08. The predicted octanol–water partition coefficient (Wildman–Crippen LogP) is 6.98. The molecule has 10 nitrogen and oxygen atoms in total. The number of pyridine rings is 1. The molecule has 1 aliphatic rings. The predicted molar refractivity (Wildman–Crippen MR) is 181 cm³/mol. The normalized spacial score (nSPS) is 12.1. The number of esters is 1. The molecule has 0 spiro atoms. The fourth-order valence-corrected chi connectivity index (χ4v) is 5.12. The molecule has 4 aromatic rings. The fraction of sp³-hybridized carbons (Fsp3) is 0.361. The highest BCUT2D eigenvalue weighted by Crippen LogP contribution is 2.31. The summed E-state index contributed by atoms with van der Waals surface area (Å²) in [6.07, 6.45) is 9.29. The molecule has 1 amide bonds. The summed E-state index contributed by atoms with van der Waals surface area (Å²) < 4.78 is 11.9. The van der Waals surface area contributed by atoms with Gasteiger partial charge in [0.05, 0.1) is 31.2 Å². The molecular formula is C36H42ClN3O7. The van der Waals surface area contributed by atoms with Crippen molar-refractivity contribution in [2.45, 2.75) is 58.8 Å². The summed E-state index contributed by atoms with van der Waals surface area (Å²) in [7, 11) is 3.39. The maximum atomic E-state index is 13.0. The van der Waals surface area contributed by atoms with E-state index in [4.69, 9.17) is 21.1 Å². The fourth-order valence-electron chi connectivity index (χ4n) is 5.00. The van der Waals surface area contributed by atoms with E-state index in [0.29, 0.717) is 56.6 Å². The minimum atomic E-state index is -0.955. The lowest BCUT2D eigenvalue weighted by atomic mass is 10.1. The summed E-state index contributed by atoms with van der Waals surface area (Å²) in [4.78, 5) is 51.8. The third-order valence-electron chi connectivity index (χ3n) is 7.62. The van der Waals surface area contributed by atoms with E-state index in [0.717, 1.165) is 32.2 Å². The summed E-state index contributed by atoms with van der Waals surface area (Å²) >= 11 is 5.89. The molecule has 0 atom stereocenters. The highest BCUT2D eigenvalue weighted by atomic mass is 35.5. The van der Waals surface area contributed by atoms with Crippen molar-refractivity contribution in [3.8, 4) is 5.75 Å². The second-order valence-corrected chi connectivity index (χ2v) is 11.5. The van der Waals surface area contributed by atoms with Gasteiger partial charge in [-0.15, -0.1) is 0 Å². The number of aliphatic carboxylic acids is 1. The molecule has 250 valence electrons. The highest BCUT2D eigenvalue weighted by Gasteiger charge is 2.22. The van der Waals surface area contributed by atoms with E-state index >= 15 is 0 Å². The SMILES string of the molecule is CCCCCCOC(=O)c1ccncc1.CN1CCCC1=O.COc1ccc2c(c1)c(CC(=O)O)c(C)n2C(=O)c1ccc(Cl)cc1. The van der Waals surface area contributed by atoms with E-state index in [1.54, 1.807) is 85.9 Å². The van der Waals surface area contributed by atoms with Crippen LogP contribution in [0.3, 0.4) is 0 Å². The number of carboxylic acid groups (broad SMARTS) is 1. The zero-order valence-corrected chi connectivity index (χ0v) is 28.1. The number of halogens is 1. The Labute approximate surface area is 280 Å². The first-order chi connectivity index (χ1) is 22.6. The Kier molecular flexibility index (Phi) is 14.4. The lowest BCUT2D eigenvalue weighted by molar-refractivity contribution is -0.136. The number of ether oxygens (including phenoxy) is 2. The number of methoxy groups -OCH3 is 1. The Bertz CT molecular complexity index is 1650. The van der Waals surface area contributed by atoms with Crippen LogP contribution in [0, 0.1) is 6.92 Å². The number of likely N-dealkylation sites (tertiary alicyclic amines) is 1. The van der Waals surface area contributed by atoms with Gasteiger partial charge in [0.2, 0.25) is 5.91 Å². The molecule has 0 radical (unpaired) electrons. The molecule has 5 rings (SSSR count). The molecule has 3 heterocycles. The van der Waals surface area contributed by atoms with Crippen molar-refractivity contribution in [3.05, 3.63) is 94.4 Å². The lowest BCUT2D eigenvalue weighted by Crippen LogP contribution is -2.17. The maximum Gasteiger partial charge on any atom is 0.338 e. The van der Waals surface area contributed by atoms with Crippen LogP contribution >= 0.6 is 11.6 Å². The van der Waals surface area contributed by atoms with Gasteiger partial charge in [0.25, 0.3) is 5.91 Å². The number of carboxylic acids is 1. The number of nitrogens with zero attached hydrogens (tertiary/aromatic N) is 3. The van der Waals surface area contributed by atoms with Crippen LogP contribution < -0.4 is 4.74 Å². The van der Waals surface area contributed by atoms with E-state index in [9.17, 15) is 24.3 Å². The molecule has 2 aromatic carbocycles. The zero-order valence-electron chi connectivity index (χ0n) is 27.3. The Morgan fingerprint density at radius 3 is 2.23 bits per heavy atom.